The van der Waals surface area contributed by atoms with Crippen molar-refractivity contribution in [1.29, 1.82) is 0 Å². The molecular weight excluding hydrogens is 464 g/mol. The zero-order valence-corrected chi connectivity index (χ0v) is 21.0. The Morgan fingerprint density at radius 3 is 2.43 bits per heavy atom. The van der Waals surface area contributed by atoms with E-state index in [1.54, 1.807) is 35.2 Å². The van der Waals surface area contributed by atoms with E-state index >= 15 is 0 Å². The van der Waals surface area contributed by atoms with Crippen molar-refractivity contribution in [3.63, 3.8) is 0 Å². The maximum atomic E-state index is 12.8. The van der Waals surface area contributed by atoms with Gasteiger partial charge in [-0.1, -0.05) is 30.3 Å². The fraction of sp³-hybridized carbons (Fsp3) is 0.462. The molecule has 2 aliphatic rings. The second-order valence-electron chi connectivity index (χ2n) is 9.49. The number of hydrogen-bond acceptors (Lipinski definition) is 4. The Bertz CT molecular complexity index is 1130. The maximum Gasteiger partial charge on any atom is 0.321 e. The molecule has 2 fully saturated rings. The Morgan fingerprint density at radius 1 is 0.971 bits per heavy atom. The van der Waals surface area contributed by atoms with Crippen molar-refractivity contribution < 1.29 is 18.0 Å². The van der Waals surface area contributed by atoms with E-state index in [-0.39, 0.29) is 23.8 Å². The highest BCUT2D eigenvalue weighted by Crippen LogP contribution is 2.24. The second kappa shape index (κ2) is 11.2. The minimum absolute atomic E-state index is 0.0302. The summed E-state index contributed by atoms with van der Waals surface area (Å²) in [6.07, 6.45) is 2.97. The third kappa shape index (κ3) is 6.41. The van der Waals surface area contributed by atoms with E-state index in [1.807, 2.05) is 31.2 Å². The molecule has 0 spiro atoms. The molecule has 4 rings (SSSR count). The number of carbonyl (C=O) groups excluding carboxylic acids is 2. The molecule has 1 atom stereocenters. The molecule has 0 aliphatic carbocycles. The molecule has 0 bridgehead atoms. The van der Waals surface area contributed by atoms with Gasteiger partial charge in [0.1, 0.15) is 0 Å². The van der Waals surface area contributed by atoms with Crippen LogP contribution in [0, 0.1) is 18.8 Å². The Kier molecular flexibility index (Phi) is 8.07. The highest BCUT2D eigenvalue weighted by atomic mass is 32.2. The number of nitrogens with zero attached hydrogens (tertiary/aromatic N) is 2. The average molecular weight is 499 g/mol. The topological polar surface area (TPSA) is 98.8 Å². The summed E-state index contributed by atoms with van der Waals surface area (Å²) in [7, 11) is -3.47. The van der Waals surface area contributed by atoms with E-state index in [0.717, 1.165) is 24.1 Å². The molecule has 35 heavy (non-hydrogen) atoms. The van der Waals surface area contributed by atoms with Crippen LogP contribution in [0.5, 0.6) is 0 Å². The zero-order valence-electron chi connectivity index (χ0n) is 20.2. The number of hydrogen-bond donors (Lipinski definition) is 2. The molecule has 2 aliphatic heterocycles. The van der Waals surface area contributed by atoms with Gasteiger partial charge in [-0.15, -0.1) is 0 Å². The standard InChI is InChI=1S/C26H34N4O4S/c1-20-7-5-9-23(17-20)28-26(32)29-14-6-8-22(19-29)25(31)27-18-21-12-15-30(16-13-21)35(33,34)24-10-3-2-4-11-24/h2-5,7,9-11,17,21-22H,6,8,12-16,18-19H2,1H3,(H,27,31)(H,28,32). The number of benzene rings is 2. The smallest absolute Gasteiger partial charge is 0.321 e. The van der Waals surface area contributed by atoms with E-state index < -0.39 is 10.0 Å². The van der Waals surface area contributed by atoms with E-state index in [1.165, 1.54) is 4.31 Å². The van der Waals surface area contributed by atoms with Gasteiger partial charge in [0, 0.05) is 38.4 Å². The molecule has 8 nitrogen and oxygen atoms in total. The molecular formula is C26H34N4O4S. The van der Waals surface area contributed by atoms with Crippen molar-refractivity contribution >= 4 is 27.6 Å². The van der Waals surface area contributed by atoms with Gasteiger partial charge in [-0.3, -0.25) is 4.79 Å². The third-order valence-corrected chi connectivity index (χ3v) is 8.78. The Balaban J connectivity index is 1.23. The molecule has 2 heterocycles. The molecule has 2 N–H and O–H groups in total. The number of amides is 3. The number of piperidine rings is 2. The van der Waals surface area contributed by atoms with Crippen LogP contribution in [0.3, 0.4) is 0 Å². The van der Waals surface area contributed by atoms with E-state index in [2.05, 4.69) is 10.6 Å². The number of likely N-dealkylation sites (tertiary alicyclic amines) is 1. The lowest BCUT2D eigenvalue weighted by Crippen LogP contribution is -2.48. The van der Waals surface area contributed by atoms with Crippen LogP contribution in [0.4, 0.5) is 10.5 Å². The highest BCUT2D eigenvalue weighted by Gasteiger charge is 2.31. The monoisotopic (exact) mass is 498 g/mol. The summed E-state index contributed by atoms with van der Waals surface area (Å²) in [5.41, 5.74) is 1.82. The normalized spacial score (nSPS) is 19.8. The van der Waals surface area contributed by atoms with Crippen LogP contribution in [0.25, 0.3) is 0 Å². The molecule has 0 saturated carbocycles. The first-order chi connectivity index (χ1) is 16.8. The lowest BCUT2D eigenvalue weighted by atomic mass is 9.95. The minimum Gasteiger partial charge on any atom is -0.356 e. The number of sulfonamides is 1. The zero-order chi connectivity index (χ0) is 24.8. The fourth-order valence-electron chi connectivity index (χ4n) is 4.79. The van der Waals surface area contributed by atoms with E-state index in [9.17, 15) is 18.0 Å². The summed E-state index contributed by atoms with van der Waals surface area (Å²) in [6, 6.07) is 16.0. The quantitative estimate of drug-likeness (QED) is 0.637. The van der Waals surface area contributed by atoms with Gasteiger partial charge in [-0.2, -0.15) is 4.31 Å². The summed E-state index contributed by atoms with van der Waals surface area (Å²) in [5, 5.41) is 5.98. The first-order valence-corrected chi connectivity index (χ1v) is 13.7. The number of nitrogens with one attached hydrogen (secondary N) is 2. The number of rotatable bonds is 6. The van der Waals surface area contributed by atoms with Crippen LogP contribution in [0.15, 0.2) is 59.5 Å². The van der Waals surface area contributed by atoms with Gasteiger partial charge < -0.3 is 15.5 Å². The van der Waals surface area contributed by atoms with Gasteiger partial charge >= 0.3 is 6.03 Å². The first-order valence-electron chi connectivity index (χ1n) is 12.3. The highest BCUT2D eigenvalue weighted by molar-refractivity contribution is 7.89. The van der Waals surface area contributed by atoms with Gasteiger partial charge in [-0.25, -0.2) is 13.2 Å². The van der Waals surface area contributed by atoms with Gasteiger partial charge in [0.25, 0.3) is 0 Å². The summed E-state index contributed by atoms with van der Waals surface area (Å²) in [4.78, 5) is 27.6. The van der Waals surface area contributed by atoms with Crippen LogP contribution >= 0.6 is 0 Å². The molecule has 3 amide bonds. The van der Waals surface area contributed by atoms with Crippen LogP contribution < -0.4 is 10.6 Å². The number of urea groups is 1. The predicted octanol–water partition coefficient (Wildman–Crippen LogP) is 3.46. The largest absolute Gasteiger partial charge is 0.356 e. The molecule has 0 radical (unpaired) electrons. The SMILES string of the molecule is Cc1cccc(NC(=O)N2CCCC(C(=O)NCC3CCN(S(=O)(=O)c4ccccc4)CC3)C2)c1. The summed E-state index contributed by atoms with van der Waals surface area (Å²) < 4.78 is 27.1. The lowest BCUT2D eigenvalue weighted by molar-refractivity contribution is -0.126. The maximum absolute atomic E-state index is 12.8. The van der Waals surface area contributed by atoms with Crippen molar-refractivity contribution in [2.75, 3.05) is 38.0 Å². The summed E-state index contributed by atoms with van der Waals surface area (Å²) in [6.45, 7) is 4.45. The lowest BCUT2D eigenvalue weighted by Gasteiger charge is -2.33. The summed E-state index contributed by atoms with van der Waals surface area (Å²) >= 11 is 0. The number of anilines is 1. The Labute approximate surface area is 207 Å². The van der Waals surface area contributed by atoms with Crippen LogP contribution in [-0.4, -0.2) is 62.3 Å². The minimum atomic E-state index is -3.47. The molecule has 1 unspecified atom stereocenters. The van der Waals surface area contributed by atoms with Crippen molar-refractivity contribution in [2.24, 2.45) is 11.8 Å². The molecule has 9 heteroatoms. The summed E-state index contributed by atoms with van der Waals surface area (Å²) in [5.74, 6) is -0.0200. The van der Waals surface area contributed by atoms with Crippen LogP contribution in [0.1, 0.15) is 31.2 Å². The molecule has 2 aromatic carbocycles. The molecule has 2 saturated heterocycles. The number of aryl methyl sites for hydroxylation is 1. The molecule has 188 valence electrons. The molecule has 2 aromatic rings. The first kappa shape index (κ1) is 25.2. The van der Waals surface area contributed by atoms with Crippen LogP contribution in [0.2, 0.25) is 0 Å². The Morgan fingerprint density at radius 2 is 1.71 bits per heavy atom. The third-order valence-electron chi connectivity index (χ3n) is 6.87. The van der Waals surface area contributed by atoms with Gasteiger partial charge in [0.2, 0.25) is 15.9 Å². The average Bonchev–Trinajstić information content (AvgIpc) is 2.88. The van der Waals surface area contributed by atoms with Gasteiger partial charge in [0.05, 0.1) is 10.8 Å². The van der Waals surface area contributed by atoms with Crippen molar-refractivity contribution in [1.82, 2.24) is 14.5 Å². The van der Waals surface area contributed by atoms with Crippen LogP contribution in [-0.2, 0) is 14.8 Å². The Hall–Kier alpha value is -2.91. The van der Waals surface area contributed by atoms with Crippen molar-refractivity contribution in [3.8, 4) is 0 Å². The van der Waals surface area contributed by atoms with E-state index in [0.29, 0.717) is 50.5 Å². The second-order valence-corrected chi connectivity index (χ2v) is 11.4. The predicted molar refractivity (Wildman–Crippen MR) is 135 cm³/mol. The van der Waals surface area contributed by atoms with Gasteiger partial charge in [-0.05, 0) is 68.4 Å². The van der Waals surface area contributed by atoms with Gasteiger partial charge in [0.15, 0.2) is 0 Å². The fourth-order valence-corrected chi connectivity index (χ4v) is 6.28. The van der Waals surface area contributed by atoms with E-state index in [4.69, 9.17) is 0 Å². The molecule has 0 aromatic heterocycles. The number of carbonyl (C=O) groups is 2. The van der Waals surface area contributed by atoms with Crippen molar-refractivity contribution in [2.45, 2.75) is 37.5 Å². The van der Waals surface area contributed by atoms with Crippen molar-refractivity contribution in [3.05, 3.63) is 60.2 Å².